The molecule has 3 aromatic carbocycles. The van der Waals surface area contributed by atoms with Crippen molar-refractivity contribution in [3.8, 4) is 0 Å². The second-order valence-electron chi connectivity index (χ2n) is 11.4. The summed E-state index contributed by atoms with van der Waals surface area (Å²) >= 11 is 0. The molecule has 33 heavy (non-hydrogen) atoms. The lowest BCUT2D eigenvalue weighted by Crippen LogP contribution is -2.56. The molecule has 4 bridgehead atoms. The molecule has 172 valence electrons. The molecule has 2 unspecified atom stereocenters. The van der Waals surface area contributed by atoms with Gasteiger partial charge in [0.1, 0.15) is 0 Å². The number of carbonyl (C=O) groups is 1. The van der Waals surface area contributed by atoms with Crippen LogP contribution in [0.4, 0.5) is 8.78 Å². The second-order valence-corrected chi connectivity index (χ2v) is 11.4. The summed E-state index contributed by atoms with van der Waals surface area (Å²) in [7, 11) is 0. The Labute approximate surface area is 193 Å². The topological polar surface area (TPSA) is 26.3 Å². The van der Waals surface area contributed by atoms with Crippen LogP contribution in [0.3, 0.4) is 0 Å². The number of carbonyl (C=O) groups excluding carboxylic acids is 1. The molecule has 0 aromatic heterocycles. The van der Waals surface area contributed by atoms with Crippen LogP contribution in [0.2, 0.25) is 0 Å². The highest BCUT2D eigenvalue weighted by atomic mass is 19.3. The molecule has 0 saturated heterocycles. The van der Waals surface area contributed by atoms with Crippen molar-refractivity contribution in [2.45, 2.75) is 63.7 Å². The van der Waals surface area contributed by atoms with Gasteiger partial charge in [0, 0.05) is 12.3 Å². The van der Waals surface area contributed by atoms with Gasteiger partial charge in [-0.1, -0.05) is 36.4 Å². The van der Waals surface area contributed by atoms with Gasteiger partial charge in [0.05, 0.1) is 6.61 Å². The molecule has 4 aliphatic rings. The minimum absolute atomic E-state index is 0.0274. The third kappa shape index (κ3) is 3.36. The molecule has 0 amide bonds. The first-order valence-electron chi connectivity index (χ1n) is 12.1. The summed E-state index contributed by atoms with van der Waals surface area (Å²) in [5.41, 5.74) is 2.52. The minimum Gasteiger partial charge on any atom is -0.461 e. The maximum atomic E-state index is 13.5. The third-order valence-corrected chi connectivity index (χ3v) is 8.72. The van der Waals surface area contributed by atoms with E-state index in [1.54, 1.807) is 0 Å². The number of esters is 1. The summed E-state index contributed by atoms with van der Waals surface area (Å²) in [5.74, 6) is -3.68. The number of alkyl halides is 2. The molecule has 0 spiro atoms. The molecule has 2 nitrogen and oxygen atoms in total. The summed E-state index contributed by atoms with van der Waals surface area (Å²) in [4.78, 5) is 11.9. The minimum atomic E-state index is -3.44. The fourth-order valence-corrected chi connectivity index (χ4v) is 7.92. The highest BCUT2D eigenvalue weighted by Crippen LogP contribution is 2.66. The van der Waals surface area contributed by atoms with Gasteiger partial charge in [-0.25, -0.2) is 4.79 Å². The molecule has 4 fully saturated rings. The molecule has 4 aliphatic carbocycles. The van der Waals surface area contributed by atoms with Crippen molar-refractivity contribution in [1.82, 2.24) is 0 Å². The van der Waals surface area contributed by atoms with Gasteiger partial charge in [0.25, 0.3) is 0 Å². The number of aryl methyl sites for hydroxylation is 1. The Morgan fingerprint density at radius 3 is 2.27 bits per heavy atom. The number of hydrogen-bond acceptors (Lipinski definition) is 2. The number of fused-ring (bicyclic) bond motifs is 2. The van der Waals surface area contributed by atoms with Crippen molar-refractivity contribution in [3.05, 3.63) is 59.7 Å². The summed E-state index contributed by atoms with van der Waals surface area (Å²) in [6, 6.07) is 17.7. The van der Waals surface area contributed by atoms with Crippen molar-refractivity contribution in [2.24, 2.45) is 17.3 Å². The zero-order valence-electron chi connectivity index (χ0n) is 19.3. The molecular formula is C29H30F2O2. The predicted octanol–water partition coefficient (Wildman–Crippen LogP) is 7.34. The highest BCUT2D eigenvalue weighted by Gasteiger charge is 2.59. The smallest absolute Gasteiger partial charge is 0.376 e. The van der Waals surface area contributed by atoms with Crippen molar-refractivity contribution in [2.75, 3.05) is 6.61 Å². The van der Waals surface area contributed by atoms with Crippen LogP contribution >= 0.6 is 0 Å². The van der Waals surface area contributed by atoms with Crippen LogP contribution in [-0.2, 0) is 14.9 Å². The molecular weight excluding hydrogens is 418 g/mol. The van der Waals surface area contributed by atoms with Gasteiger partial charge in [0.2, 0.25) is 0 Å². The van der Waals surface area contributed by atoms with Crippen molar-refractivity contribution < 1.29 is 18.3 Å². The lowest BCUT2D eigenvalue weighted by Gasteiger charge is -2.62. The molecule has 4 heteroatoms. The van der Waals surface area contributed by atoms with E-state index in [0.29, 0.717) is 18.8 Å². The first-order chi connectivity index (χ1) is 15.7. The van der Waals surface area contributed by atoms with Crippen LogP contribution in [0.25, 0.3) is 21.5 Å². The molecule has 0 radical (unpaired) electrons. The number of benzene rings is 3. The monoisotopic (exact) mass is 448 g/mol. The van der Waals surface area contributed by atoms with Gasteiger partial charge in [-0.15, -0.1) is 0 Å². The lowest BCUT2D eigenvalue weighted by atomic mass is 9.43. The van der Waals surface area contributed by atoms with Crippen LogP contribution < -0.4 is 0 Å². The van der Waals surface area contributed by atoms with Crippen molar-refractivity contribution >= 4 is 27.5 Å². The Kier molecular flexibility index (Phi) is 4.47. The number of hydrogen-bond donors (Lipinski definition) is 0. The number of halogens is 2. The fourth-order valence-electron chi connectivity index (χ4n) is 7.92. The average Bonchev–Trinajstić information content (AvgIpc) is 2.75. The van der Waals surface area contributed by atoms with Gasteiger partial charge < -0.3 is 4.74 Å². The lowest BCUT2D eigenvalue weighted by molar-refractivity contribution is -0.180. The van der Waals surface area contributed by atoms with Gasteiger partial charge >= 0.3 is 11.9 Å². The predicted molar refractivity (Wildman–Crippen MR) is 127 cm³/mol. The Balaban J connectivity index is 1.44. The van der Waals surface area contributed by atoms with E-state index in [9.17, 15) is 13.6 Å². The maximum Gasteiger partial charge on any atom is 0.376 e. The molecule has 0 heterocycles. The SMILES string of the molecule is Cc1ccc(C23CC4CC(CC(COC(=O)C(C)(F)F)(C4)C2)C3)c2cc3ccccc3cc12. The average molecular weight is 449 g/mol. The van der Waals surface area contributed by atoms with Crippen LogP contribution in [0.15, 0.2) is 48.5 Å². The van der Waals surface area contributed by atoms with Crippen LogP contribution in [0, 0.1) is 24.2 Å². The Bertz CT molecular complexity index is 1260. The van der Waals surface area contributed by atoms with E-state index >= 15 is 0 Å². The molecule has 4 saturated carbocycles. The Morgan fingerprint density at radius 2 is 1.64 bits per heavy atom. The Morgan fingerprint density at radius 1 is 1.00 bits per heavy atom. The maximum absolute atomic E-state index is 13.5. The van der Waals surface area contributed by atoms with E-state index < -0.39 is 11.9 Å². The molecule has 2 atom stereocenters. The van der Waals surface area contributed by atoms with Gasteiger partial charge in [-0.05, 0) is 108 Å². The van der Waals surface area contributed by atoms with Crippen LogP contribution in [0.5, 0.6) is 0 Å². The first-order valence-corrected chi connectivity index (χ1v) is 12.1. The third-order valence-electron chi connectivity index (χ3n) is 8.72. The largest absolute Gasteiger partial charge is 0.461 e. The fraction of sp³-hybridized carbons (Fsp3) is 0.483. The highest BCUT2D eigenvalue weighted by molar-refractivity contribution is 6.01. The summed E-state index contributed by atoms with van der Waals surface area (Å²) in [6.45, 7) is 2.92. The molecule has 3 aromatic rings. The van der Waals surface area contributed by atoms with Gasteiger partial charge in [0.15, 0.2) is 0 Å². The quantitative estimate of drug-likeness (QED) is 0.308. The summed E-state index contributed by atoms with van der Waals surface area (Å²) < 4.78 is 32.2. The Hall–Kier alpha value is -2.49. The zero-order valence-corrected chi connectivity index (χ0v) is 19.3. The van der Waals surface area contributed by atoms with E-state index in [1.807, 2.05) is 0 Å². The van der Waals surface area contributed by atoms with E-state index in [1.165, 1.54) is 39.1 Å². The van der Waals surface area contributed by atoms with Crippen molar-refractivity contribution in [3.63, 3.8) is 0 Å². The summed E-state index contributed by atoms with van der Waals surface area (Å²) in [5, 5.41) is 5.12. The van der Waals surface area contributed by atoms with Crippen LogP contribution in [0.1, 0.15) is 56.6 Å². The molecule has 0 N–H and O–H groups in total. The van der Waals surface area contributed by atoms with Gasteiger partial charge in [-0.2, -0.15) is 8.78 Å². The first kappa shape index (κ1) is 21.1. The standard InChI is InChI=1S/C29H30F2O2/c1-18-7-8-25(24-11-22-6-4-3-5-21(22)10-23(18)24)29-14-19-9-20(15-29)13-28(12-19,16-29)17-33-26(32)27(2,30)31/h3-8,10-11,19-20H,9,12-17H2,1-2H3. The summed E-state index contributed by atoms with van der Waals surface area (Å²) in [6.07, 6.45) is 6.40. The van der Waals surface area contributed by atoms with E-state index in [0.717, 1.165) is 32.1 Å². The van der Waals surface area contributed by atoms with Crippen LogP contribution in [-0.4, -0.2) is 18.5 Å². The van der Waals surface area contributed by atoms with Crippen molar-refractivity contribution in [1.29, 1.82) is 0 Å². The normalized spacial score (nSPS) is 30.8. The number of ether oxygens (including phenoxy) is 1. The van der Waals surface area contributed by atoms with E-state index in [2.05, 4.69) is 55.5 Å². The zero-order chi connectivity index (χ0) is 23.0. The molecule has 0 aliphatic heterocycles. The van der Waals surface area contributed by atoms with Gasteiger partial charge in [-0.3, -0.25) is 0 Å². The van der Waals surface area contributed by atoms with E-state index in [-0.39, 0.29) is 17.4 Å². The second kappa shape index (κ2) is 7.01. The van der Waals surface area contributed by atoms with E-state index in [4.69, 9.17) is 4.74 Å². The number of rotatable bonds is 4. The molecule has 7 rings (SSSR count).